The van der Waals surface area contributed by atoms with Crippen molar-refractivity contribution in [3.05, 3.63) is 29.3 Å². The van der Waals surface area contributed by atoms with Gasteiger partial charge in [-0.15, -0.1) is 0 Å². The summed E-state index contributed by atoms with van der Waals surface area (Å²) in [5.74, 6) is 1.32. The fraction of sp³-hybridized carbons (Fsp3) is 0.455. The Balaban J connectivity index is 2.27. The minimum absolute atomic E-state index is 0.421. The molecule has 0 aliphatic heterocycles. The Morgan fingerprint density at radius 2 is 2.43 bits per heavy atom. The summed E-state index contributed by atoms with van der Waals surface area (Å²) in [4.78, 5) is 0. The van der Waals surface area contributed by atoms with Crippen LogP contribution in [0.4, 0.5) is 0 Å². The average Bonchev–Trinajstić information content (AvgIpc) is 2.61. The van der Waals surface area contributed by atoms with Crippen LogP contribution in [-0.4, -0.2) is 18.9 Å². The molecule has 1 aromatic carbocycles. The van der Waals surface area contributed by atoms with E-state index >= 15 is 0 Å². The number of hydrogen-bond acceptors (Lipinski definition) is 3. The molecule has 0 aromatic heterocycles. The monoisotopic (exact) mass is 193 g/mol. The van der Waals surface area contributed by atoms with E-state index in [1.807, 2.05) is 6.07 Å². The molecule has 0 radical (unpaired) electrons. The van der Waals surface area contributed by atoms with Crippen LogP contribution >= 0.6 is 0 Å². The highest BCUT2D eigenvalue weighted by Crippen LogP contribution is 2.34. The molecule has 1 aliphatic carbocycles. The second-order valence-electron chi connectivity index (χ2n) is 3.66. The van der Waals surface area contributed by atoms with Crippen LogP contribution in [0.15, 0.2) is 18.2 Å². The summed E-state index contributed by atoms with van der Waals surface area (Å²) in [6.07, 6.45) is 2.21. The van der Waals surface area contributed by atoms with Crippen molar-refractivity contribution in [3.8, 4) is 5.75 Å². The number of nitrogens with one attached hydrogen (secondary N) is 1. The van der Waals surface area contributed by atoms with E-state index in [0.29, 0.717) is 12.5 Å². The number of ether oxygens (including phenoxy) is 1. The molecule has 2 rings (SSSR count). The summed E-state index contributed by atoms with van der Waals surface area (Å²) in [5.41, 5.74) is 4.94. The summed E-state index contributed by atoms with van der Waals surface area (Å²) in [7, 11) is 1.68. The number of hydrogen-bond donors (Lipinski definition) is 2. The van der Waals surface area contributed by atoms with Crippen molar-refractivity contribution in [3.63, 3.8) is 0 Å². The first-order valence-electron chi connectivity index (χ1n) is 4.89. The molecule has 0 saturated carbocycles. The van der Waals surface area contributed by atoms with E-state index in [4.69, 9.17) is 9.94 Å². The molecule has 0 amide bonds. The highest BCUT2D eigenvalue weighted by Gasteiger charge is 2.22. The third-order valence-corrected chi connectivity index (χ3v) is 2.89. The quantitative estimate of drug-likeness (QED) is 0.718. The lowest BCUT2D eigenvalue weighted by Crippen LogP contribution is -2.15. The van der Waals surface area contributed by atoms with Gasteiger partial charge in [0.15, 0.2) is 0 Å². The molecule has 1 aromatic rings. The Bertz CT molecular complexity index is 323. The zero-order chi connectivity index (χ0) is 9.97. The van der Waals surface area contributed by atoms with Crippen LogP contribution in [0.25, 0.3) is 0 Å². The molecule has 3 nitrogen and oxygen atoms in total. The van der Waals surface area contributed by atoms with Crippen molar-refractivity contribution < 1.29 is 9.94 Å². The molecule has 0 fully saturated rings. The van der Waals surface area contributed by atoms with Crippen molar-refractivity contribution in [2.75, 3.05) is 13.7 Å². The molecule has 1 aliphatic rings. The predicted octanol–water partition coefficient (Wildman–Crippen LogP) is 1.70. The summed E-state index contributed by atoms with van der Waals surface area (Å²) >= 11 is 0. The second-order valence-corrected chi connectivity index (χ2v) is 3.66. The smallest absolute Gasteiger partial charge is 0.119 e. The molecular formula is C11H15NO2. The van der Waals surface area contributed by atoms with Gasteiger partial charge in [0.05, 0.1) is 7.11 Å². The van der Waals surface area contributed by atoms with Gasteiger partial charge in [-0.25, -0.2) is 5.48 Å². The first-order valence-corrected chi connectivity index (χ1v) is 4.89. The minimum atomic E-state index is 0.421. The van der Waals surface area contributed by atoms with Crippen LogP contribution < -0.4 is 10.2 Å². The molecule has 0 saturated heterocycles. The number of benzene rings is 1. The molecule has 0 spiro atoms. The Labute approximate surface area is 83.7 Å². The largest absolute Gasteiger partial charge is 0.497 e. The van der Waals surface area contributed by atoms with E-state index in [0.717, 1.165) is 18.6 Å². The Kier molecular flexibility index (Phi) is 2.70. The number of aryl methyl sites for hydroxylation is 1. The van der Waals surface area contributed by atoms with E-state index < -0.39 is 0 Å². The van der Waals surface area contributed by atoms with Crippen molar-refractivity contribution in [2.24, 2.45) is 0 Å². The topological polar surface area (TPSA) is 41.5 Å². The van der Waals surface area contributed by atoms with Crippen molar-refractivity contribution in [2.45, 2.75) is 18.8 Å². The third kappa shape index (κ3) is 1.61. The first kappa shape index (κ1) is 9.49. The second kappa shape index (κ2) is 3.98. The zero-order valence-electron chi connectivity index (χ0n) is 8.29. The maximum Gasteiger partial charge on any atom is 0.119 e. The normalized spacial score (nSPS) is 19.4. The van der Waals surface area contributed by atoms with E-state index in [-0.39, 0.29) is 0 Å². The highest BCUT2D eigenvalue weighted by atomic mass is 16.5. The minimum Gasteiger partial charge on any atom is -0.497 e. The van der Waals surface area contributed by atoms with Crippen molar-refractivity contribution >= 4 is 0 Å². The predicted molar refractivity (Wildman–Crippen MR) is 53.8 cm³/mol. The van der Waals surface area contributed by atoms with Gasteiger partial charge in [-0.3, -0.25) is 0 Å². The first-order chi connectivity index (χ1) is 6.85. The lowest BCUT2D eigenvalue weighted by atomic mass is 10.0. The summed E-state index contributed by atoms with van der Waals surface area (Å²) in [6.45, 7) is 0.625. The Morgan fingerprint density at radius 3 is 3.14 bits per heavy atom. The summed E-state index contributed by atoms with van der Waals surface area (Å²) in [5, 5.41) is 8.70. The maximum atomic E-state index is 8.70. The lowest BCUT2D eigenvalue weighted by molar-refractivity contribution is 0.159. The summed E-state index contributed by atoms with van der Waals surface area (Å²) in [6, 6.07) is 6.18. The van der Waals surface area contributed by atoms with E-state index in [1.165, 1.54) is 11.1 Å². The maximum absolute atomic E-state index is 8.70. The molecule has 0 bridgehead atoms. The van der Waals surface area contributed by atoms with Crippen molar-refractivity contribution in [1.82, 2.24) is 5.48 Å². The zero-order valence-corrected chi connectivity index (χ0v) is 8.29. The van der Waals surface area contributed by atoms with Crippen LogP contribution in [-0.2, 0) is 6.42 Å². The van der Waals surface area contributed by atoms with Crippen LogP contribution in [0.5, 0.6) is 5.75 Å². The van der Waals surface area contributed by atoms with Crippen LogP contribution in [0.3, 0.4) is 0 Å². The highest BCUT2D eigenvalue weighted by molar-refractivity contribution is 5.41. The van der Waals surface area contributed by atoms with Crippen LogP contribution in [0.2, 0.25) is 0 Å². The molecule has 3 heteroatoms. The fourth-order valence-corrected chi connectivity index (χ4v) is 2.12. The molecule has 76 valence electrons. The Hall–Kier alpha value is -1.06. The molecular weight excluding hydrogens is 178 g/mol. The number of methoxy groups -OCH3 is 1. The molecule has 2 N–H and O–H groups in total. The van der Waals surface area contributed by atoms with Gasteiger partial charge in [-0.1, -0.05) is 6.07 Å². The molecule has 0 heterocycles. The van der Waals surface area contributed by atoms with Gasteiger partial charge in [-0.05, 0) is 42.0 Å². The van der Waals surface area contributed by atoms with Gasteiger partial charge >= 0.3 is 0 Å². The lowest BCUT2D eigenvalue weighted by Gasteiger charge is -2.10. The van der Waals surface area contributed by atoms with E-state index in [9.17, 15) is 0 Å². The van der Waals surface area contributed by atoms with Gasteiger partial charge in [0, 0.05) is 6.54 Å². The van der Waals surface area contributed by atoms with Gasteiger partial charge in [0.1, 0.15) is 5.75 Å². The standard InChI is InChI=1S/C11H15NO2/c1-14-10-5-4-8-2-3-9(7-12-13)11(8)6-10/h4-6,9,12-13H,2-3,7H2,1H3. The van der Waals surface area contributed by atoms with Crippen molar-refractivity contribution in [1.29, 1.82) is 0 Å². The Morgan fingerprint density at radius 1 is 1.57 bits per heavy atom. The summed E-state index contributed by atoms with van der Waals surface area (Å²) < 4.78 is 5.18. The van der Waals surface area contributed by atoms with Crippen LogP contribution in [0.1, 0.15) is 23.5 Å². The van der Waals surface area contributed by atoms with E-state index in [1.54, 1.807) is 7.11 Å². The van der Waals surface area contributed by atoms with Gasteiger partial charge < -0.3 is 9.94 Å². The average molecular weight is 193 g/mol. The SMILES string of the molecule is COc1ccc2c(c1)C(CNO)CC2. The molecule has 1 atom stereocenters. The van der Waals surface area contributed by atoms with Gasteiger partial charge in [0.2, 0.25) is 0 Å². The van der Waals surface area contributed by atoms with E-state index in [2.05, 4.69) is 17.6 Å². The number of fused-ring (bicyclic) bond motifs is 1. The number of hydroxylamine groups is 1. The third-order valence-electron chi connectivity index (χ3n) is 2.89. The van der Waals surface area contributed by atoms with Gasteiger partial charge in [-0.2, -0.15) is 0 Å². The molecule has 1 unspecified atom stereocenters. The van der Waals surface area contributed by atoms with Crippen LogP contribution in [0, 0.1) is 0 Å². The fourth-order valence-electron chi connectivity index (χ4n) is 2.12. The number of rotatable bonds is 3. The molecule has 14 heavy (non-hydrogen) atoms. The van der Waals surface area contributed by atoms with Gasteiger partial charge in [0.25, 0.3) is 0 Å².